The summed E-state index contributed by atoms with van der Waals surface area (Å²) in [6.07, 6.45) is -4.82. The third-order valence-corrected chi connectivity index (χ3v) is 7.05. The van der Waals surface area contributed by atoms with Gasteiger partial charge in [0.2, 0.25) is 10.0 Å². The highest BCUT2D eigenvalue weighted by molar-refractivity contribution is 7.89. The lowest BCUT2D eigenvalue weighted by atomic mass is 9.98. The van der Waals surface area contributed by atoms with Crippen molar-refractivity contribution in [2.24, 2.45) is 0 Å². The van der Waals surface area contributed by atoms with Gasteiger partial charge in [0.15, 0.2) is 0 Å². The van der Waals surface area contributed by atoms with Crippen LogP contribution in [0.3, 0.4) is 0 Å². The first-order valence-corrected chi connectivity index (χ1v) is 11.0. The maximum absolute atomic E-state index is 14.1. The molecule has 0 amide bonds. The Morgan fingerprint density at radius 1 is 0.879 bits per heavy atom. The maximum Gasteiger partial charge on any atom is 0.417 e. The van der Waals surface area contributed by atoms with Crippen LogP contribution in [0.4, 0.5) is 22.0 Å². The Labute approximate surface area is 186 Å². The molecule has 0 fully saturated rings. The average Bonchev–Trinajstić information content (AvgIpc) is 3.15. The molecule has 1 aromatic heterocycles. The highest BCUT2D eigenvalue weighted by atomic mass is 32.2. The van der Waals surface area contributed by atoms with Gasteiger partial charge >= 0.3 is 6.18 Å². The minimum Gasteiger partial charge on any atom is -0.354 e. The first-order valence-electron chi connectivity index (χ1n) is 9.61. The second-order valence-electron chi connectivity index (χ2n) is 7.57. The van der Waals surface area contributed by atoms with Gasteiger partial charge in [-0.3, -0.25) is 0 Å². The van der Waals surface area contributed by atoms with Gasteiger partial charge in [0.05, 0.1) is 21.7 Å². The molecule has 1 heterocycles. The van der Waals surface area contributed by atoms with Crippen LogP contribution in [0.25, 0.3) is 33.3 Å². The minimum atomic E-state index is -4.82. The highest BCUT2D eigenvalue weighted by Gasteiger charge is 2.35. The molecule has 4 nitrogen and oxygen atoms in total. The molecule has 0 saturated heterocycles. The number of nitrogens with one attached hydrogen (secondary N) is 1. The predicted octanol–water partition coefficient (Wildman–Crippen LogP) is 6.05. The van der Waals surface area contributed by atoms with Crippen LogP contribution in [-0.2, 0) is 16.2 Å². The summed E-state index contributed by atoms with van der Waals surface area (Å²) in [6, 6.07) is 12.1. The van der Waals surface area contributed by atoms with Crippen molar-refractivity contribution in [3.63, 3.8) is 0 Å². The Balaban J connectivity index is 1.87. The largest absolute Gasteiger partial charge is 0.417 e. The standard InChI is InChI=1S/C23H17F5N2O2S/c1-30(2)33(31,32)15-7-8-16(17(12-15)23(26,27)28)13-6-9-20-14(10-13)11-21(29-20)22-18(24)4-3-5-19(22)25/h3-12,29H,1-2H3. The summed E-state index contributed by atoms with van der Waals surface area (Å²) in [5.41, 5.74) is -0.826. The number of nitrogens with zero attached hydrogens (tertiary/aromatic N) is 1. The summed E-state index contributed by atoms with van der Waals surface area (Å²) in [5.74, 6) is -1.56. The number of sulfonamides is 1. The van der Waals surface area contributed by atoms with Gasteiger partial charge in [-0.15, -0.1) is 0 Å². The summed E-state index contributed by atoms with van der Waals surface area (Å²) < 4.78 is 95.3. The van der Waals surface area contributed by atoms with Crippen LogP contribution in [0.1, 0.15) is 5.56 Å². The number of fused-ring (bicyclic) bond motifs is 1. The SMILES string of the molecule is CN(C)S(=O)(=O)c1ccc(-c2ccc3[nH]c(-c4c(F)cccc4F)cc3c2)c(C(F)(F)F)c1. The summed E-state index contributed by atoms with van der Waals surface area (Å²) in [7, 11) is -1.61. The zero-order chi connectivity index (χ0) is 24.1. The number of halogens is 5. The molecule has 0 radical (unpaired) electrons. The van der Waals surface area contributed by atoms with E-state index < -0.39 is 38.3 Å². The van der Waals surface area contributed by atoms with Crippen molar-refractivity contribution in [1.29, 1.82) is 0 Å². The van der Waals surface area contributed by atoms with Crippen LogP contribution in [-0.4, -0.2) is 31.8 Å². The van der Waals surface area contributed by atoms with Gasteiger partial charge < -0.3 is 4.98 Å². The second-order valence-corrected chi connectivity index (χ2v) is 9.73. The molecule has 0 atom stereocenters. The van der Waals surface area contributed by atoms with Crippen molar-refractivity contribution in [1.82, 2.24) is 9.29 Å². The van der Waals surface area contributed by atoms with Crippen LogP contribution in [0.15, 0.2) is 65.6 Å². The Morgan fingerprint density at radius 2 is 1.55 bits per heavy atom. The number of H-pyrrole nitrogens is 1. The third kappa shape index (κ3) is 4.11. The van der Waals surface area contributed by atoms with Gasteiger partial charge in [0.25, 0.3) is 0 Å². The average molecular weight is 480 g/mol. The maximum atomic E-state index is 14.1. The summed E-state index contributed by atoms with van der Waals surface area (Å²) >= 11 is 0. The molecular formula is C23H17F5N2O2S. The number of hydrogen-bond acceptors (Lipinski definition) is 2. The molecule has 0 spiro atoms. The van der Waals surface area contributed by atoms with Crippen LogP contribution in [0.5, 0.6) is 0 Å². The number of hydrogen-bond donors (Lipinski definition) is 1. The van der Waals surface area contributed by atoms with E-state index in [9.17, 15) is 30.4 Å². The van der Waals surface area contributed by atoms with Crippen molar-refractivity contribution in [3.05, 3.63) is 77.9 Å². The Kier molecular flexibility index (Phi) is 5.53. The summed E-state index contributed by atoms with van der Waals surface area (Å²) in [5, 5.41) is 0.434. The van der Waals surface area contributed by atoms with Gasteiger partial charge in [0.1, 0.15) is 11.6 Å². The van der Waals surface area contributed by atoms with E-state index in [4.69, 9.17) is 0 Å². The molecule has 0 unspecified atom stereocenters. The molecule has 10 heteroatoms. The molecule has 33 heavy (non-hydrogen) atoms. The van der Waals surface area contributed by atoms with Crippen molar-refractivity contribution < 1.29 is 30.4 Å². The zero-order valence-corrected chi connectivity index (χ0v) is 18.2. The number of rotatable bonds is 4. The fourth-order valence-electron chi connectivity index (χ4n) is 3.57. The lowest BCUT2D eigenvalue weighted by Gasteiger charge is -2.17. The quantitative estimate of drug-likeness (QED) is 0.362. The zero-order valence-electron chi connectivity index (χ0n) is 17.3. The van der Waals surface area contributed by atoms with E-state index in [-0.39, 0.29) is 22.4 Å². The monoisotopic (exact) mass is 480 g/mol. The lowest BCUT2D eigenvalue weighted by molar-refractivity contribution is -0.137. The van der Waals surface area contributed by atoms with Crippen molar-refractivity contribution in [2.75, 3.05) is 14.1 Å². The van der Waals surface area contributed by atoms with E-state index in [1.807, 2.05) is 0 Å². The molecular weight excluding hydrogens is 463 g/mol. The minimum absolute atomic E-state index is 0.140. The number of aromatic amines is 1. The molecule has 1 N–H and O–H groups in total. The number of aromatic nitrogens is 1. The molecule has 0 aliphatic carbocycles. The van der Waals surface area contributed by atoms with Gasteiger partial charge in [-0.1, -0.05) is 18.2 Å². The second kappa shape index (κ2) is 7.96. The van der Waals surface area contributed by atoms with Crippen LogP contribution in [0, 0.1) is 11.6 Å². The number of benzene rings is 3. The van der Waals surface area contributed by atoms with E-state index >= 15 is 0 Å². The van der Waals surface area contributed by atoms with E-state index in [0.717, 1.165) is 28.6 Å². The Hall–Kier alpha value is -3.24. The van der Waals surface area contributed by atoms with Crippen molar-refractivity contribution >= 4 is 20.9 Å². The van der Waals surface area contributed by atoms with Crippen molar-refractivity contribution in [3.8, 4) is 22.4 Å². The third-order valence-electron chi connectivity index (χ3n) is 5.24. The first kappa shape index (κ1) is 22.9. The molecule has 0 saturated carbocycles. The van der Waals surface area contributed by atoms with E-state index in [1.165, 1.54) is 44.4 Å². The highest BCUT2D eigenvalue weighted by Crippen LogP contribution is 2.40. The summed E-state index contributed by atoms with van der Waals surface area (Å²) in [6.45, 7) is 0. The number of alkyl halides is 3. The van der Waals surface area contributed by atoms with E-state index in [2.05, 4.69) is 4.98 Å². The molecule has 4 rings (SSSR count). The topological polar surface area (TPSA) is 53.2 Å². The van der Waals surface area contributed by atoms with Crippen molar-refractivity contribution in [2.45, 2.75) is 11.1 Å². The fourth-order valence-corrected chi connectivity index (χ4v) is 4.50. The Morgan fingerprint density at radius 3 is 2.15 bits per heavy atom. The molecule has 172 valence electrons. The van der Waals surface area contributed by atoms with Gasteiger partial charge in [-0.25, -0.2) is 21.5 Å². The normalized spacial score (nSPS) is 12.6. The Bertz CT molecular complexity index is 1450. The smallest absolute Gasteiger partial charge is 0.354 e. The van der Waals surface area contributed by atoms with E-state index in [0.29, 0.717) is 17.0 Å². The fraction of sp³-hybridized carbons (Fsp3) is 0.130. The van der Waals surface area contributed by atoms with Crippen LogP contribution >= 0.6 is 0 Å². The lowest BCUT2D eigenvalue weighted by Crippen LogP contribution is -2.23. The van der Waals surface area contributed by atoms with Gasteiger partial charge in [-0.05, 0) is 53.6 Å². The van der Waals surface area contributed by atoms with Gasteiger partial charge in [0, 0.05) is 25.0 Å². The predicted molar refractivity (Wildman–Crippen MR) is 115 cm³/mol. The molecule has 4 aromatic rings. The van der Waals surface area contributed by atoms with E-state index in [1.54, 1.807) is 0 Å². The molecule has 0 aliphatic heterocycles. The molecule has 3 aromatic carbocycles. The van der Waals surface area contributed by atoms with Crippen LogP contribution in [0.2, 0.25) is 0 Å². The summed E-state index contributed by atoms with van der Waals surface area (Å²) in [4.78, 5) is 2.39. The van der Waals surface area contributed by atoms with Crippen LogP contribution < -0.4 is 0 Å². The van der Waals surface area contributed by atoms with Gasteiger partial charge in [-0.2, -0.15) is 13.2 Å². The first-order chi connectivity index (χ1) is 15.4. The molecule has 0 aliphatic rings. The molecule has 0 bridgehead atoms.